The molecule has 0 atom stereocenters. The molecule has 0 aliphatic carbocycles. The Bertz CT molecular complexity index is 284. The van der Waals surface area contributed by atoms with Gasteiger partial charge in [-0.25, -0.2) is 4.99 Å². The Labute approximate surface area is 78.4 Å². The second kappa shape index (κ2) is 5.19. The summed E-state index contributed by atoms with van der Waals surface area (Å²) >= 11 is 0. The molecule has 1 rings (SSSR count). The van der Waals surface area contributed by atoms with Gasteiger partial charge in [0, 0.05) is 12.2 Å². The topological polar surface area (TPSA) is 33.6 Å². The molecule has 0 fully saturated rings. The van der Waals surface area contributed by atoms with E-state index in [0.29, 0.717) is 0 Å². The maximum atomic E-state index is 4.73. The number of hydrogen-bond acceptors (Lipinski definition) is 3. The molecule has 0 aromatic heterocycles. The lowest BCUT2D eigenvalue weighted by atomic mass is 10.3. The van der Waals surface area contributed by atoms with Crippen molar-refractivity contribution in [1.29, 1.82) is 0 Å². The molecule has 3 nitrogen and oxygen atoms in total. The lowest BCUT2D eigenvalue weighted by Crippen LogP contribution is -1.95. The Morgan fingerprint density at radius 1 is 1.54 bits per heavy atom. The average molecular weight is 178 g/mol. The zero-order valence-corrected chi connectivity index (χ0v) is 7.95. The average Bonchev–Trinajstić information content (AvgIpc) is 2.16. The van der Waals surface area contributed by atoms with Gasteiger partial charge in [0.1, 0.15) is 0 Å². The van der Waals surface area contributed by atoms with Gasteiger partial charge < -0.3 is 10.1 Å². The van der Waals surface area contributed by atoms with E-state index < -0.39 is 0 Å². The molecule has 13 heavy (non-hydrogen) atoms. The van der Waals surface area contributed by atoms with E-state index >= 15 is 0 Å². The number of aliphatic imine (C=N–C) groups is 1. The lowest BCUT2D eigenvalue weighted by molar-refractivity contribution is 0.423. The van der Waals surface area contributed by atoms with E-state index in [9.17, 15) is 0 Å². The minimum atomic E-state index is 0.889. The van der Waals surface area contributed by atoms with E-state index in [1.54, 1.807) is 7.11 Å². The maximum Gasteiger partial charge on any atom is 0.174 e. The van der Waals surface area contributed by atoms with Crippen LogP contribution in [-0.4, -0.2) is 20.1 Å². The monoisotopic (exact) mass is 178 g/mol. The third kappa shape index (κ3) is 3.15. The van der Waals surface area contributed by atoms with E-state index in [1.165, 1.54) is 6.40 Å². The highest BCUT2D eigenvalue weighted by molar-refractivity contribution is 5.60. The Hall–Kier alpha value is -1.51. The van der Waals surface area contributed by atoms with Crippen LogP contribution in [-0.2, 0) is 4.74 Å². The molecule has 0 amide bonds. The van der Waals surface area contributed by atoms with Crippen molar-refractivity contribution in [2.24, 2.45) is 4.99 Å². The lowest BCUT2D eigenvalue weighted by Gasteiger charge is -2.02. The first-order valence-corrected chi connectivity index (χ1v) is 4.26. The van der Waals surface area contributed by atoms with Crippen molar-refractivity contribution in [3.8, 4) is 0 Å². The van der Waals surface area contributed by atoms with Gasteiger partial charge in [0.15, 0.2) is 6.40 Å². The Kier molecular flexibility index (Phi) is 3.82. The number of rotatable bonds is 4. The maximum absolute atomic E-state index is 4.73. The number of benzene rings is 1. The molecular weight excluding hydrogens is 164 g/mol. The molecule has 0 aliphatic rings. The van der Waals surface area contributed by atoms with Gasteiger partial charge in [-0.3, -0.25) is 0 Å². The molecule has 0 saturated carbocycles. The fraction of sp³-hybridized carbons (Fsp3) is 0.300. The Morgan fingerprint density at radius 3 is 3.08 bits per heavy atom. The van der Waals surface area contributed by atoms with Crippen molar-refractivity contribution in [3.05, 3.63) is 24.3 Å². The summed E-state index contributed by atoms with van der Waals surface area (Å²) in [5, 5.41) is 3.21. The molecule has 0 heterocycles. The Morgan fingerprint density at radius 2 is 2.38 bits per heavy atom. The number of methoxy groups -OCH3 is 1. The molecule has 1 aromatic carbocycles. The first-order valence-electron chi connectivity index (χ1n) is 4.26. The molecule has 0 radical (unpaired) electrons. The van der Waals surface area contributed by atoms with Crippen molar-refractivity contribution in [2.75, 3.05) is 19.0 Å². The molecule has 0 spiro atoms. The van der Waals surface area contributed by atoms with Crippen LogP contribution in [0.1, 0.15) is 6.92 Å². The summed E-state index contributed by atoms with van der Waals surface area (Å²) in [5.41, 5.74) is 1.97. The summed E-state index contributed by atoms with van der Waals surface area (Å²) in [7, 11) is 1.58. The van der Waals surface area contributed by atoms with Crippen LogP contribution in [0.2, 0.25) is 0 Å². The van der Waals surface area contributed by atoms with Crippen LogP contribution in [0.4, 0.5) is 11.4 Å². The second-order valence-corrected chi connectivity index (χ2v) is 2.55. The first-order chi connectivity index (χ1) is 6.36. The molecule has 0 unspecified atom stereocenters. The minimum Gasteiger partial charge on any atom is -0.486 e. The quantitative estimate of drug-likeness (QED) is 0.567. The van der Waals surface area contributed by atoms with Crippen molar-refractivity contribution >= 4 is 17.8 Å². The number of hydrogen-bond donors (Lipinski definition) is 1. The van der Waals surface area contributed by atoms with Crippen molar-refractivity contribution < 1.29 is 4.74 Å². The molecule has 3 heteroatoms. The van der Waals surface area contributed by atoms with Crippen LogP contribution in [0.3, 0.4) is 0 Å². The zero-order valence-electron chi connectivity index (χ0n) is 7.95. The van der Waals surface area contributed by atoms with Crippen LogP contribution in [0.15, 0.2) is 29.3 Å². The van der Waals surface area contributed by atoms with Gasteiger partial charge in [-0.2, -0.15) is 0 Å². The Balaban J connectivity index is 2.73. The van der Waals surface area contributed by atoms with Crippen molar-refractivity contribution in [3.63, 3.8) is 0 Å². The number of nitrogens with zero attached hydrogens (tertiary/aromatic N) is 1. The van der Waals surface area contributed by atoms with Gasteiger partial charge in [-0.1, -0.05) is 6.07 Å². The normalized spacial score (nSPS) is 10.3. The largest absolute Gasteiger partial charge is 0.486 e. The van der Waals surface area contributed by atoms with E-state index in [-0.39, 0.29) is 0 Å². The molecule has 70 valence electrons. The molecule has 0 saturated heterocycles. The number of nitrogens with one attached hydrogen (secondary N) is 1. The van der Waals surface area contributed by atoms with Crippen LogP contribution >= 0.6 is 0 Å². The number of ether oxygens (including phenoxy) is 1. The van der Waals surface area contributed by atoms with Crippen LogP contribution < -0.4 is 5.32 Å². The highest BCUT2D eigenvalue weighted by atomic mass is 16.5. The third-order valence-electron chi connectivity index (χ3n) is 1.53. The van der Waals surface area contributed by atoms with Crippen LogP contribution in [0, 0.1) is 0 Å². The zero-order chi connectivity index (χ0) is 9.52. The van der Waals surface area contributed by atoms with Gasteiger partial charge in [-0.15, -0.1) is 0 Å². The second-order valence-electron chi connectivity index (χ2n) is 2.55. The van der Waals surface area contributed by atoms with Gasteiger partial charge in [0.05, 0.1) is 12.8 Å². The molecular formula is C10H14N2O. The van der Waals surface area contributed by atoms with E-state index in [1.807, 2.05) is 24.3 Å². The van der Waals surface area contributed by atoms with E-state index in [4.69, 9.17) is 4.74 Å². The summed E-state index contributed by atoms with van der Waals surface area (Å²) in [4.78, 5) is 4.08. The molecule has 0 bridgehead atoms. The predicted octanol–water partition coefficient (Wildman–Crippen LogP) is 2.42. The van der Waals surface area contributed by atoms with Gasteiger partial charge in [-0.05, 0) is 25.1 Å². The predicted molar refractivity (Wildman–Crippen MR) is 55.8 cm³/mol. The SMILES string of the molecule is CCNc1cccc(N=COC)c1. The summed E-state index contributed by atoms with van der Waals surface area (Å²) in [6.45, 7) is 2.97. The standard InChI is InChI=1S/C10H14N2O/c1-3-11-9-5-4-6-10(7-9)12-8-13-2/h4-8,11H,3H2,1-2H3. The fourth-order valence-electron chi connectivity index (χ4n) is 1.01. The van der Waals surface area contributed by atoms with E-state index in [0.717, 1.165) is 17.9 Å². The van der Waals surface area contributed by atoms with Crippen molar-refractivity contribution in [1.82, 2.24) is 0 Å². The number of anilines is 1. The van der Waals surface area contributed by atoms with Gasteiger partial charge in [0.2, 0.25) is 0 Å². The van der Waals surface area contributed by atoms with Gasteiger partial charge >= 0.3 is 0 Å². The highest BCUT2D eigenvalue weighted by Gasteiger charge is 1.91. The smallest absolute Gasteiger partial charge is 0.174 e. The summed E-state index contributed by atoms with van der Waals surface area (Å²) in [6.07, 6.45) is 1.42. The van der Waals surface area contributed by atoms with E-state index in [2.05, 4.69) is 17.2 Å². The molecule has 1 N–H and O–H groups in total. The first kappa shape index (κ1) is 9.58. The summed E-state index contributed by atoms with van der Waals surface area (Å²) < 4.78 is 4.73. The highest BCUT2D eigenvalue weighted by Crippen LogP contribution is 2.16. The van der Waals surface area contributed by atoms with Crippen molar-refractivity contribution in [2.45, 2.75) is 6.92 Å². The van der Waals surface area contributed by atoms with Crippen LogP contribution in [0.5, 0.6) is 0 Å². The third-order valence-corrected chi connectivity index (χ3v) is 1.53. The fourth-order valence-corrected chi connectivity index (χ4v) is 1.01. The molecule has 1 aromatic rings. The summed E-state index contributed by atoms with van der Waals surface area (Å²) in [6, 6.07) is 7.87. The molecule has 0 aliphatic heterocycles. The minimum absolute atomic E-state index is 0.889. The van der Waals surface area contributed by atoms with Gasteiger partial charge in [0.25, 0.3) is 0 Å². The van der Waals surface area contributed by atoms with Crippen LogP contribution in [0.25, 0.3) is 0 Å². The summed E-state index contributed by atoms with van der Waals surface area (Å²) in [5.74, 6) is 0.